The summed E-state index contributed by atoms with van der Waals surface area (Å²) < 4.78 is 18.6. The number of carbonyl (C=O) groups excluding carboxylic acids is 1. The third-order valence-corrected chi connectivity index (χ3v) is 13.2. The van der Waals surface area contributed by atoms with Crippen molar-refractivity contribution in [2.24, 2.45) is 28.2 Å². The molecule has 0 atom stereocenters. The fourth-order valence-electron chi connectivity index (χ4n) is 5.42. The van der Waals surface area contributed by atoms with E-state index in [0.29, 0.717) is 28.4 Å². The number of anilines is 4. The van der Waals surface area contributed by atoms with Crippen molar-refractivity contribution in [3.63, 3.8) is 0 Å². The van der Waals surface area contributed by atoms with Crippen molar-refractivity contribution < 1.29 is 14.3 Å². The van der Waals surface area contributed by atoms with Crippen molar-refractivity contribution in [2.75, 3.05) is 68.0 Å². The predicted octanol–water partition coefficient (Wildman–Crippen LogP) is 9.79. The van der Waals surface area contributed by atoms with Crippen molar-refractivity contribution in [1.82, 2.24) is 69.3 Å². The van der Waals surface area contributed by atoms with Crippen LogP contribution in [0.1, 0.15) is 24.2 Å². The molecule has 0 aromatic carbocycles. The largest absolute Gasteiger partial charge is 0.483 e. The topological polar surface area (TPSA) is 235 Å². The Morgan fingerprint density at radius 1 is 0.577 bits per heavy atom. The molecule has 5 N–H and O–H groups in total. The van der Waals surface area contributed by atoms with Crippen LogP contribution >= 0.6 is 72.9 Å². The van der Waals surface area contributed by atoms with Gasteiger partial charge in [0.25, 0.3) is 0 Å². The van der Waals surface area contributed by atoms with Gasteiger partial charge in [-0.3, -0.25) is 28.6 Å². The van der Waals surface area contributed by atoms with E-state index in [2.05, 4.69) is 127 Å². The smallest absolute Gasteiger partial charge is 0.204 e. The highest BCUT2D eigenvalue weighted by Crippen LogP contribution is 2.39. The molecule has 9 rings (SSSR count). The number of nitrogens with one attached hydrogen (secondary N) is 5. The van der Waals surface area contributed by atoms with E-state index in [9.17, 15) is 4.79 Å². The number of hydrogen-bond acceptors (Lipinski definition) is 20. The van der Waals surface area contributed by atoms with E-state index in [1.165, 1.54) is 68.1 Å². The first-order valence-electron chi connectivity index (χ1n) is 23.4. The average Bonchev–Trinajstić information content (AvgIpc) is 4.33. The molecule has 10 radical (unpaired) electrons. The molecule has 21 nitrogen and oxygen atoms in total. The minimum Gasteiger partial charge on any atom is -0.483 e. The SMILES string of the molecule is CCOc1sc(NC)nc1-c1cn[nH]c1.CCOc1sc(NC)nc1-c1cnn(C)c1.CNc1nc(-c2cnn(C)c2)c(Cl)s1.CNc1nc(-c2cnn(C)c2)cs1.Cn1cc(C(=O)CBr)cn1.[B]C.[B]C.[B]C.[B]C.[B]C. The normalized spacial score (nSPS) is 9.29. The minimum absolute atomic E-state index is 0.0631. The summed E-state index contributed by atoms with van der Waals surface area (Å²) in [6.07, 6.45) is 17.9. The molecule has 0 saturated carbocycles. The Bertz CT molecular complexity index is 2920. The van der Waals surface area contributed by atoms with E-state index in [4.69, 9.17) is 21.1 Å². The number of carbonyl (C=O) groups is 1. The molecule has 9 heterocycles. The molecule has 32 heteroatoms. The second-order valence-corrected chi connectivity index (χ2v) is 18.5. The third-order valence-electron chi connectivity index (χ3n) is 8.57. The number of aromatic nitrogens is 14. The Labute approximate surface area is 495 Å². The van der Waals surface area contributed by atoms with Crippen molar-refractivity contribution >= 4 is 138 Å². The van der Waals surface area contributed by atoms with E-state index < -0.39 is 0 Å². The van der Waals surface area contributed by atoms with Gasteiger partial charge in [0.1, 0.15) is 21.4 Å². The van der Waals surface area contributed by atoms with E-state index in [1.807, 2.05) is 93.3 Å². The highest BCUT2D eigenvalue weighted by atomic mass is 79.9. The molecule has 0 bridgehead atoms. The van der Waals surface area contributed by atoms with Crippen molar-refractivity contribution in [1.29, 1.82) is 0 Å². The number of hydrogen-bond donors (Lipinski definition) is 5. The Kier molecular flexibility index (Phi) is 39.0. The first kappa shape index (κ1) is 72.1. The van der Waals surface area contributed by atoms with Gasteiger partial charge in [0.05, 0.1) is 100 Å². The second kappa shape index (κ2) is 42.1. The zero-order valence-electron chi connectivity index (χ0n) is 46.8. The molecule has 0 amide bonds. The summed E-state index contributed by atoms with van der Waals surface area (Å²) in [5, 5.41) is 42.3. The van der Waals surface area contributed by atoms with Crippen molar-refractivity contribution in [3.05, 3.63) is 77.2 Å². The van der Waals surface area contributed by atoms with Gasteiger partial charge in [-0.2, -0.15) is 25.5 Å². The Morgan fingerprint density at radius 3 is 1.35 bits per heavy atom. The summed E-state index contributed by atoms with van der Waals surface area (Å²) >= 11 is 15.1. The summed E-state index contributed by atoms with van der Waals surface area (Å²) in [6, 6.07) is 0. The first-order valence-corrected chi connectivity index (χ1v) is 28.2. The van der Waals surface area contributed by atoms with Crippen LogP contribution < -0.4 is 30.7 Å². The van der Waals surface area contributed by atoms with Crippen molar-refractivity contribution in [2.45, 2.75) is 48.0 Å². The molecule has 0 fully saturated rings. The van der Waals surface area contributed by atoms with E-state index in [1.54, 1.807) is 74.3 Å². The van der Waals surface area contributed by atoms with Crippen LogP contribution in [0.4, 0.5) is 20.5 Å². The quantitative estimate of drug-likeness (QED) is 0.0387. The zero-order chi connectivity index (χ0) is 59.2. The van der Waals surface area contributed by atoms with Gasteiger partial charge in [-0.15, -0.1) is 11.3 Å². The summed E-state index contributed by atoms with van der Waals surface area (Å²) in [5.41, 5.74) is 8.01. The molecule has 9 aromatic rings. The molecular weight excluding hydrogens is 1150 g/mol. The van der Waals surface area contributed by atoms with E-state index >= 15 is 0 Å². The van der Waals surface area contributed by atoms with Crippen LogP contribution in [0.3, 0.4) is 0 Å². The maximum Gasteiger partial charge on any atom is 0.204 e. The molecule has 0 saturated heterocycles. The predicted molar refractivity (Wildman–Crippen MR) is 338 cm³/mol. The molecule has 0 unspecified atom stereocenters. The van der Waals surface area contributed by atoms with Crippen LogP contribution in [-0.4, -0.2) is 161 Å². The Balaban J connectivity index is 0.000000917. The average molecular weight is 1220 g/mol. The van der Waals surface area contributed by atoms with Gasteiger partial charge in [-0.25, -0.2) is 19.9 Å². The summed E-state index contributed by atoms with van der Waals surface area (Å²) in [7, 11) is 37.3. The van der Waals surface area contributed by atoms with Crippen LogP contribution in [0, 0.1) is 0 Å². The lowest BCUT2D eigenvalue weighted by Gasteiger charge is -1.99. The van der Waals surface area contributed by atoms with Gasteiger partial charge in [-0.1, -0.05) is 95.7 Å². The second-order valence-electron chi connectivity index (χ2n) is 13.5. The number of alkyl halides is 1. The van der Waals surface area contributed by atoms with Crippen LogP contribution in [0.2, 0.25) is 38.5 Å². The van der Waals surface area contributed by atoms with E-state index in [0.717, 1.165) is 75.7 Å². The van der Waals surface area contributed by atoms with E-state index in [-0.39, 0.29) is 5.78 Å². The van der Waals surface area contributed by atoms with Crippen LogP contribution in [0.15, 0.2) is 67.3 Å². The number of aromatic amines is 1. The molecule has 0 spiro atoms. The fourth-order valence-corrected chi connectivity index (χ4v) is 9.17. The number of Topliss-reactive ketones (excluding diaryl/α,β-unsaturated/α-hetero) is 1. The number of aryl methyl sites for hydroxylation is 4. The van der Waals surface area contributed by atoms with Crippen LogP contribution in [0.25, 0.3) is 45.0 Å². The summed E-state index contributed by atoms with van der Waals surface area (Å²) in [6.45, 7) is 12.7. The first-order chi connectivity index (χ1) is 37.8. The number of H-pyrrole nitrogens is 1. The number of ketones is 1. The van der Waals surface area contributed by atoms with Gasteiger partial charge in [0.2, 0.25) is 10.1 Å². The summed E-state index contributed by atoms with van der Waals surface area (Å²) in [5.74, 6) is 0.0631. The molecular formula is C46H67B5BrClN18O3S4. The molecule has 9 aromatic heterocycles. The van der Waals surface area contributed by atoms with Gasteiger partial charge >= 0.3 is 0 Å². The Morgan fingerprint density at radius 2 is 0.987 bits per heavy atom. The number of ether oxygens (including phenoxy) is 2. The maximum atomic E-state index is 10.9. The van der Waals surface area contributed by atoms with Gasteiger partial charge in [0, 0.05) is 115 Å². The number of halogens is 2. The molecule has 0 aliphatic carbocycles. The van der Waals surface area contributed by atoms with Crippen LogP contribution in [-0.2, 0) is 28.2 Å². The number of nitrogens with zero attached hydrogens (tertiary/aromatic N) is 13. The highest BCUT2D eigenvalue weighted by molar-refractivity contribution is 9.09. The lowest BCUT2D eigenvalue weighted by atomic mass is 10.2. The lowest BCUT2D eigenvalue weighted by Crippen LogP contribution is -1.97. The third kappa shape index (κ3) is 24.0. The standard InChI is InChI=1S/C10H14N4OS.C9H12N4OS.C8H9ClN4S.C8H10N4S.C6H7BrN2O.5CH3B/c1-4-15-9-8(13-10(11-2)16-9)7-5-12-14(3)6-7;1-3-14-8-7(6-4-11-12-5-6)13-9(10-2)15-8;1-10-8-12-6(7(9)14-8)5-3-11-13(2)4-5;1-9-8-11-7(5-13-8)6-3-10-12(2)4-6;1-9-4-5(3-8-9)6(10)2-7;5*1-2/h5-6H,4H2,1-3H3,(H,11,13);4-5H,3H2,1-2H3,(H,10,13)(H,11,12);3-4H,1-2H3,(H,10,12);3-5H,1-2H3,(H,9,11);3-4H,2H2,1H3;5*1H3. The van der Waals surface area contributed by atoms with Gasteiger partial charge in [-0.05, 0) is 13.8 Å². The molecule has 0 aliphatic heterocycles. The molecule has 78 heavy (non-hydrogen) atoms. The van der Waals surface area contributed by atoms with Gasteiger partial charge < -0.3 is 30.7 Å². The fraction of sp³-hybridized carbons (Fsp3) is 0.391. The lowest BCUT2D eigenvalue weighted by molar-refractivity contribution is 0.102. The minimum atomic E-state index is 0.0631. The monoisotopic (exact) mass is 1220 g/mol. The van der Waals surface area contributed by atoms with Crippen LogP contribution in [0.5, 0.6) is 10.1 Å². The van der Waals surface area contributed by atoms with Gasteiger partial charge in [0.15, 0.2) is 26.3 Å². The zero-order valence-corrected chi connectivity index (χ0v) is 52.4. The maximum absolute atomic E-state index is 10.9. The highest BCUT2D eigenvalue weighted by Gasteiger charge is 2.16. The number of thiazole rings is 4. The Hall–Kier alpha value is -5.87. The van der Waals surface area contributed by atoms with Crippen molar-refractivity contribution in [3.8, 4) is 55.2 Å². The molecule has 412 valence electrons. The number of rotatable bonds is 14. The summed E-state index contributed by atoms with van der Waals surface area (Å²) in [4.78, 5) is 28.5. The molecule has 0 aliphatic rings.